The van der Waals surface area contributed by atoms with Crippen LogP contribution < -0.4 is 0 Å². The van der Waals surface area contributed by atoms with E-state index in [0.29, 0.717) is 5.56 Å². The number of carbonyl (C=O) groups excluding carboxylic acids is 2. The van der Waals surface area contributed by atoms with E-state index in [-0.39, 0.29) is 18.1 Å². The molecule has 0 aliphatic heterocycles. The Labute approximate surface area is 153 Å². The van der Waals surface area contributed by atoms with Crippen LogP contribution in [0.5, 0.6) is 0 Å². The molecule has 0 aliphatic carbocycles. The van der Waals surface area contributed by atoms with Gasteiger partial charge in [-0.3, -0.25) is 9.59 Å². The second kappa shape index (κ2) is 7.37. The highest BCUT2D eigenvalue weighted by Gasteiger charge is 2.16. The Kier molecular flexibility index (Phi) is 5.19. The molecule has 0 atom stereocenters. The zero-order valence-electron chi connectivity index (χ0n) is 14.1. The number of aryl methyl sites for hydroxylation is 1. The number of ether oxygens (including phenoxy) is 1. The van der Waals surface area contributed by atoms with Crippen LogP contribution in [0.2, 0.25) is 0 Å². The lowest BCUT2D eigenvalue weighted by atomic mass is 10.1. The largest absolute Gasteiger partial charge is 0.457 e. The van der Waals surface area contributed by atoms with Crippen molar-refractivity contribution in [2.24, 2.45) is 7.05 Å². The molecule has 0 aromatic carbocycles. The summed E-state index contributed by atoms with van der Waals surface area (Å²) < 4.78 is 7.05. The van der Waals surface area contributed by atoms with Crippen LogP contribution >= 0.6 is 23.1 Å². The summed E-state index contributed by atoms with van der Waals surface area (Å²) in [5.41, 5.74) is 2.45. The lowest BCUT2D eigenvalue weighted by Crippen LogP contribution is -2.16. The van der Waals surface area contributed by atoms with Gasteiger partial charge in [0.25, 0.3) is 0 Å². The van der Waals surface area contributed by atoms with E-state index in [4.69, 9.17) is 4.74 Å². The normalized spacial score (nSPS) is 11.0. The fraction of sp³-hybridized carbons (Fsp3) is 0.294. The number of Topliss-reactive ketones (excluding diaryl/α,β-unsaturated/α-hetero) is 1. The van der Waals surface area contributed by atoms with Gasteiger partial charge in [0.2, 0.25) is 5.78 Å². The van der Waals surface area contributed by atoms with Crippen LogP contribution in [0, 0.1) is 13.8 Å². The second-order valence-corrected chi connectivity index (χ2v) is 7.39. The maximum Gasteiger partial charge on any atom is 0.316 e. The van der Waals surface area contributed by atoms with Crippen LogP contribution in [-0.2, 0) is 16.6 Å². The second-order valence-electron chi connectivity index (χ2n) is 5.53. The highest BCUT2D eigenvalue weighted by molar-refractivity contribution is 8.00. The van der Waals surface area contributed by atoms with E-state index in [0.717, 1.165) is 26.6 Å². The third-order valence-corrected chi connectivity index (χ3v) is 5.79. The van der Waals surface area contributed by atoms with E-state index in [1.807, 2.05) is 43.0 Å². The quantitative estimate of drug-likeness (QED) is 0.285. The van der Waals surface area contributed by atoms with Crippen molar-refractivity contribution in [3.63, 3.8) is 0 Å². The summed E-state index contributed by atoms with van der Waals surface area (Å²) in [5.74, 6) is -0.533. The van der Waals surface area contributed by atoms with Gasteiger partial charge in [-0.05, 0) is 31.4 Å². The fourth-order valence-corrected chi connectivity index (χ4v) is 3.99. The van der Waals surface area contributed by atoms with Gasteiger partial charge in [0.05, 0.1) is 5.75 Å². The van der Waals surface area contributed by atoms with Gasteiger partial charge < -0.3 is 9.30 Å². The minimum atomic E-state index is -0.439. The first-order valence-corrected chi connectivity index (χ1v) is 9.46. The van der Waals surface area contributed by atoms with E-state index in [1.165, 1.54) is 29.4 Å². The predicted octanol–water partition coefficient (Wildman–Crippen LogP) is 3.16. The number of fused-ring (bicyclic) bond motifs is 1. The summed E-state index contributed by atoms with van der Waals surface area (Å²) in [4.78, 5) is 33.4. The van der Waals surface area contributed by atoms with Gasteiger partial charge in [-0.2, -0.15) is 0 Å². The van der Waals surface area contributed by atoms with Gasteiger partial charge in [-0.25, -0.2) is 9.97 Å². The summed E-state index contributed by atoms with van der Waals surface area (Å²) in [6.45, 7) is 3.56. The number of esters is 1. The molecule has 0 amide bonds. The molecule has 3 aromatic rings. The Morgan fingerprint density at radius 2 is 2.12 bits per heavy atom. The van der Waals surface area contributed by atoms with E-state index < -0.39 is 5.97 Å². The number of thiophene rings is 1. The lowest BCUT2D eigenvalue weighted by Gasteiger charge is -2.05. The monoisotopic (exact) mass is 375 g/mol. The molecular formula is C17H17N3O3S2. The first-order chi connectivity index (χ1) is 12.0. The van der Waals surface area contributed by atoms with Crippen LogP contribution in [0.4, 0.5) is 0 Å². The Balaban J connectivity index is 1.55. The van der Waals surface area contributed by atoms with Crippen molar-refractivity contribution in [3.8, 4) is 0 Å². The van der Waals surface area contributed by atoms with E-state index >= 15 is 0 Å². The van der Waals surface area contributed by atoms with E-state index in [1.54, 1.807) is 0 Å². The highest BCUT2D eigenvalue weighted by Crippen LogP contribution is 2.27. The van der Waals surface area contributed by atoms with Crippen molar-refractivity contribution < 1.29 is 14.3 Å². The van der Waals surface area contributed by atoms with Gasteiger partial charge in [0.15, 0.2) is 6.61 Å². The van der Waals surface area contributed by atoms with Crippen LogP contribution in [0.15, 0.2) is 28.9 Å². The molecule has 0 fully saturated rings. The molecule has 0 radical (unpaired) electrons. The molecule has 0 saturated carbocycles. The first-order valence-electron chi connectivity index (χ1n) is 7.60. The molecule has 8 heteroatoms. The van der Waals surface area contributed by atoms with Crippen LogP contribution in [0.3, 0.4) is 0 Å². The number of rotatable bonds is 6. The average molecular weight is 375 g/mol. The van der Waals surface area contributed by atoms with E-state index in [9.17, 15) is 9.59 Å². The summed E-state index contributed by atoms with van der Waals surface area (Å²) >= 11 is 2.81. The number of nitrogens with zero attached hydrogens (tertiary/aromatic N) is 3. The van der Waals surface area contributed by atoms with Crippen LogP contribution in [0.1, 0.15) is 21.7 Å². The Hall–Kier alpha value is -2.19. The predicted molar refractivity (Wildman–Crippen MR) is 98.3 cm³/mol. The summed E-state index contributed by atoms with van der Waals surface area (Å²) in [6.07, 6.45) is 1.48. The molecule has 0 unspecified atom stereocenters. The van der Waals surface area contributed by atoms with Gasteiger partial charge >= 0.3 is 5.97 Å². The standard InChI is InChI=1S/C17H17N3O3S2/c1-10-6-13(11(2)20(10)3)14(21)7-23-15(22)8-25-17-12-4-5-24-16(12)18-9-19-17/h4-6,9H,7-8H2,1-3H3. The summed E-state index contributed by atoms with van der Waals surface area (Å²) in [6, 6.07) is 3.74. The van der Waals surface area contributed by atoms with Crippen molar-refractivity contribution in [1.82, 2.24) is 14.5 Å². The summed E-state index contributed by atoms with van der Waals surface area (Å²) in [5, 5.41) is 3.60. The van der Waals surface area contributed by atoms with Gasteiger partial charge in [-0.1, -0.05) is 11.8 Å². The molecule has 0 bridgehead atoms. The molecule has 0 spiro atoms. The molecule has 130 valence electrons. The Morgan fingerprint density at radius 3 is 2.84 bits per heavy atom. The van der Waals surface area contributed by atoms with Crippen molar-refractivity contribution in [1.29, 1.82) is 0 Å². The number of ketones is 1. The van der Waals surface area contributed by atoms with Crippen LogP contribution in [0.25, 0.3) is 10.2 Å². The molecule has 3 aromatic heterocycles. The van der Waals surface area contributed by atoms with Gasteiger partial charge in [0, 0.05) is 29.4 Å². The van der Waals surface area contributed by atoms with Crippen LogP contribution in [-0.4, -0.2) is 38.6 Å². The number of hydrogen-bond donors (Lipinski definition) is 0. The average Bonchev–Trinajstić information content (AvgIpc) is 3.18. The first kappa shape index (κ1) is 17.6. The molecule has 0 aliphatic rings. The Morgan fingerprint density at radius 1 is 1.32 bits per heavy atom. The van der Waals surface area contributed by atoms with Gasteiger partial charge in [0.1, 0.15) is 16.2 Å². The summed E-state index contributed by atoms with van der Waals surface area (Å²) in [7, 11) is 1.90. The van der Waals surface area contributed by atoms with E-state index in [2.05, 4.69) is 9.97 Å². The maximum absolute atomic E-state index is 12.2. The number of carbonyl (C=O) groups is 2. The minimum Gasteiger partial charge on any atom is -0.457 e. The maximum atomic E-state index is 12.2. The number of hydrogen-bond acceptors (Lipinski definition) is 7. The molecule has 25 heavy (non-hydrogen) atoms. The number of thioether (sulfide) groups is 1. The zero-order chi connectivity index (χ0) is 18.0. The molecule has 0 saturated heterocycles. The number of aromatic nitrogens is 3. The van der Waals surface area contributed by atoms with Crippen molar-refractivity contribution in [2.75, 3.05) is 12.4 Å². The third-order valence-electron chi connectivity index (χ3n) is 3.99. The van der Waals surface area contributed by atoms with Gasteiger partial charge in [-0.15, -0.1) is 11.3 Å². The van der Waals surface area contributed by atoms with Crippen molar-refractivity contribution in [3.05, 3.63) is 40.8 Å². The zero-order valence-corrected chi connectivity index (χ0v) is 15.7. The molecule has 0 N–H and O–H groups in total. The molecule has 3 rings (SSSR count). The van der Waals surface area contributed by atoms with Crippen molar-refractivity contribution >= 4 is 45.1 Å². The Bertz CT molecular complexity index is 946. The lowest BCUT2D eigenvalue weighted by molar-refractivity contribution is -0.139. The smallest absolute Gasteiger partial charge is 0.316 e. The topological polar surface area (TPSA) is 74.1 Å². The minimum absolute atomic E-state index is 0.0992. The molecule has 6 nitrogen and oxygen atoms in total. The third kappa shape index (κ3) is 3.74. The molecule has 3 heterocycles. The van der Waals surface area contributed by atoms with Crippen molar-refractivity contribution in [2.45, 2.75) is 18.9 Å². The highest BCUT2D eigenvalue weighted by atomic mass is 32.2. The SMILES string of the molecule is Cc1cc(C(=O)COC(=O)CSc2ncnc3sccc23)c(C)n1C. The fourth-order valence-electron chi connectivity index (χ4n) is 2.41. The molecular weight excluding hydrogens is 358 g/mol.